The topological polar surface area (TPSA) is 79.1 Å². The van der Waals surface area contributed by atoms with Gasteiger partial charge in [-0.05, 0) is 38.9 Å². The SMILES string of the molecule is CC(CNc1ccnc(NN)n1)N1CCCCC1. The lowest BCUT2D eigenvalue weighted by Gasteiger charge is -2.32. The third-order valence-electron chi connectivity index (χ3n) is 3.38. The highest BCUT2D eigenvalue weighted by molar-refractivity contribution is 5.38. The number of rotatable bonds is 5. The molecule has 0 radical (unpaired) electrons. The predicted octanol–water partition coefficient (Wildman–Crippen LogP) is 1.05. The average molecular weight is 250 g/mol. The molecule has 1 aliphatic heterocycles. The summed E-state index contributed by atoms with van der Waals surface area (Å²) in [5, 5.41) is 3.33. The number of anilines is 2. The van der Waals surface area contributed by atoms with E-state index in [1.165, 1.54) is 32.4 Å². The number of aromatic nitrogens is 2. The molecular weight excluding hydrogens is 228 g/mol. The monoisotopic (exact) mass is 250 g/mol. The largest absolute Gasteiger partial charge is 0.368 e. The first-order chi connectivity index (χ1) is 8.79. The Morgan fingerprint density at radius 1 is 1.39 bits per heavy atom. The lowest BCUT2D eigenvalue weighted by atomic mass is 10.1. The van der Waals surface area contributed by atoms with Crippen molar-refractivity contribution in [2.24, 2.45) is 5.84 Å². The van der Waals surface area contributed by atoms with Gasteiger partial charge in [-0.2, -0.15) is 4.98 Å². The Labute approximate surface area is 108 Å². The molecule has 0 aromatic carbocycles. The van der Waals surface area contributed by atoms with Crippen LogP contribution < -0.4 is 16.6 Å². The van der Waals surface area contributed by atoms with Crippen LogP contribution in [0.5, 0.6) is 0 Å². The summed E-state index contributed by atoms with van der Waals surface area (Å²) in [4.78, 5) is 10.7. The Balaban J connectivity index is 1.82. The van der Waals surface area contributed by atoms with Crippen LogP contribution in [-0.2, 0) is 0 Å². The predicted molar refractivity (Wildman–Crippen MR) is 73.2 cm³/mol. The van der Waals surface area contributed by atoms with Gasteiger partial charge in [-0.1, -0.05) is 6.42 Å². The Hall–Kier alpha value is -1.40. The van der Waals surface area contributed by atoms with Crippen molar-refractivity contribution >= 4 is 11.8 Å². The molecule has 1 saturated heterocycles. The highest BCUT2D eigenvalue weighted by Crippen LogP contribution is 2.12. The molecule has 1 unspecified atom stereocenters. The molecule has 0 bridgehead atoms. The summed E-state index contributed by atoms with van der Waals surface area (Å²) in [7, 11) is 0. The summed E-state index contributed by atoms with van der Waals surface area (Å²) >= 11 is 0. The van der Waals surface area contributed by atoms with Crippen LogP contribution in [-0.4, -0.2) is 40.5 Å². The van der Waals surface area contributed by atoms with Gasteiger partial charge in [-0.15, -0.1) is 0 Å². The van der Waals surface area contributed by atoms with E-state index in [9.17, 15) is 0 Å². The first-order valence-corrected chi connectivity index (χ1v) is 6.57. The van der Waals surface area contributed by atoms with E-state index in [0.29, 0.717) is 12.0 Å². The Bertz CT molecular complexity index is 363. The van der Waals surface area contributed by atoms with Crippen molar-refractivity contribution in [2.75, 3.05) is 30.4 Å². The van der Waals surface area contributed by atoms with Gasteiger partial charge in [0.1, 0.15) is 5.82 Å². The average Bonchev–Trinajstić information content (AvgIpc) is 2.46. The normalized spacial score (nSPS) is 18.3. The molecule has 1 aliphatic rings. The van der Waals surface area contributed by atoms with E-state index in [-0.39, 0.29) is 0 Å². The standard InChI is InChI=1S/C12H22N6/c1-10(18-7-3-2-4-8-18)9-15-11-5-6-14-12(16-11)17-13/h5-6,10H,2-4,7-9,13H2,1H3,(H2,14,15,16,17). The molecule has 2 rings (SSSR count). The van der Waals surface area contributed by atoms with Crippen LogP contribution in [0.1, 0.15) is 26.2 Å². The summed E-state index contributed by atoms with van der Waals surface area (Å²) in [5.74, 6) is 6.52. The van der Waals surface area contributed by atoms with Gasteiger partial charge in [0.05, 0.1) is 0 Å². The maximum Gasteiger partial charge on any atom is 0.239 e. The van der Waals surface area contributed by atoms with E-state index in [2.05, 4.69) is 32.5 Å². The van der Waals surface area contributed by atoms with Gasteiger partial charge in [0.15, 0.2) is 0 Å². The summed E-state index contributed by atoms with van der Waals surface area (Å²) in [6, 6.07) is 2.37. The molecule has 1 atom stereocenters. The van der Waals surface area contributed by atoms with Crippen LogP contribution in [0.3, 0.4) is 0 Å². The lowest BCUT2D eigenvalue weighted by molar-refractivity contribution is 0.180. The zero-order chi connectivity index (χ0) is 12.8. The number of nitrogens with one attached hydrogen (secondary N) is 2. The Morgan fingerprint density at radius 2 is 2.17 bits per heavy atom. The van der Waals surface area contributed by atoms with Crippen molar-refractivity contribution < 1.29 is 0 Å². The van der Waals surface area contributed by atoms with Crippen molar-refractivity contribution in [3.63, 3.8) is 0 Å². The summed E-state index contributed by atoms with van der Waals surface area (Å²) < 4.78 is 0. The molecule has 6 nitrogen and oxygen atoms in total. The molecule has 6 heteroatoms. The summed E-state index contributed by atoms with van der Waals surface area (Å²) in [5.41, 5.74) is 2.45. The number of likely N-dealkylation sites (tertiary alicyclic amines) is 1. The highest BCUT2D eigenvalue weighted by atomic mass is 15.3. The molecular formula is C12H22N6. The minimum absolute atomic E-state index is 0.436. The first kappa shape index (κ1) is 13.0. The van der Waals surface area contributed by atoms with Crippen LogP contribution in [0.2, 0.25) is 0 Å². The van der Waals surface area contributed by atoms with Crippen molar-refractivity contribution in [3.05, 3.63) is 12.3 Å². The zero-order valence-electron chi connectivity index (χ0n) is 10.9. The lowest BCUT2D eigenvalue weighted by Crippen LogP contribution is -2.41. The highest BCUT2D eigenvalue weighted by Gasteiger charge is 2.16. The third-order valence-corrected chi connectivity index (χ3v) is 3.38. The first-order valence-electron chi connectivity index (χ1n) is 6.57. The minimum atomic E-state index is 0.436. The fourth-order valence-electron chi connectivity index (χ4n) is 2.27. The second kappa shape index (κ2) is 6.51. The van der Waals surface area contributed by atoms with Crippen LogP contribution in [0, 0.1) is 0 Å². The Kier molecular flexibility index (Phi) is 4.72. The molecule has 4 N–H and O–H groups in total. The van der Waals surface area contributed by atoms with E-state index in [1.807, 2.05) is 6.07 Å². The van der Waals surface area contributed by atoms with Gasteiger partial charge in [-0.25, -0.2) is 10.8 Å². The molecule has 0 spiro atoms. The number of hydrogen-bond acceptors (Lipinski definition) is 6. The van der Waals surface area contributed by atoms with E-state index in [1.54, 1.807) is 6.20 Å². The van der Waals surface area contributed by atoms with Crippen molar-refractivity contribution in [1.29, 1.82) is 0 Å². The second-order valence-electron chi connectivity index (χ2n) is 4.74. The van der Waals surface area contributed by atoms with Crippen LogP contribution in [0.15, 0.2) is 12.3 Å². The van der Waals surface area contributed by atoms with E-state index in [0.717, 1.165) is 12.4 Å². The maximum atomic E-state index is 5.28. The quantitative estimate of drug-likeness (QED) is 0.535. The van der Waals surface area contributed by atoms with Gasteiger partial charge in [0.2, 0.25) is 5.95 Å². The van der Waals surface area contributed by atoms with Gasteiger partial charge >= 0.3 is 0 Å². The molecule has 2 heterocycles. The molecule has 1 fully saturated rings. The fraction of sp³-hybridized carbons (Fsp3) is 0.667. The molecule has 1 aromatic heterocycles. The summed E-state index contributed by atoms with van der Waals surface area (Å²) in [6.07, 6.45) is 5.70. The van der Waals surface area contributed by atoms with Crippen molar-refractivity contribution in [3.8, 4) is 0 Å². The van der Waals surface area contributed by atoms with Crippen molar-refractivity contribution in [2.45, 2.75) is 32.2 Å². The van der Waals surface area contributed by atoms with E-state index < -0.39 is 0 Å². The van der Waals surface area contributed by atoms with Crippen LogP contribution >= 0.6 is 0 Å². The summed E-state index contributed by atoms with van der Waals surface area (Å²) in [6.45, 7) is 5.56. The maximum absolute atomic E-state index is 5.28. The second-order valence-corrected chi connectivity index (χ2v) is 4.74. The molecule has 0 aliphatic carbocycles. The minimum Gasteiger partial charge on any atom is -0.368 e. The van der Waals surface area contributed by atoms with Gasteiger partial charge in [-0.3, -0.25) is 10.3 Å². The number of nitrogen functional groups attached to an aromatic ring is 1. The number of nitrogens with two attached hydrogens (primary N) is 1. The molecule has 0 amide bonds. The molecule has 100 valence electrons. The van der Waals surface area contributed by atoms with E-state index in [4.69, 9.17) is 5.84 Å². The van der Waals surface area contributed by atoms with Gasteiger partial charge in [0, 0.05) is 18.8 Å². The van der Waals surface area contributed by atoms with Gasteiger partial charge in [0.25, 0.3) is 0 Å². The van der Waals surface area contributed by atoms with Crippen molar-refractivity contribution in [1.82, 2.24) is 14.9 Å². The number of nitrogens with zero attached hydrogens (tertiary/aromatic N) is 3. The molecule has 1 aromatic rings. The Morgan fingerprint density at radius 3 is 2.89 bits per heavy atom. The molecule has 18 heavy (non-hydrogen) atoms. The van der Waals surface area contributed by atoms with Crippen LogP contribution in [0.25, 0.3) is 0 Å². The molecule has 0 saturated carbocycles. The zero-order valence-corrected chi connectivity index (χ0v) is 10.9. The van der Waals surface area contributed by atoms with E-state index >= 15 is 0 Å². The number of hydrazine groups is 1. The third kappa shape index (κ3) is 3.54. The smallest absolute Gasteiger partial charge is 0.239 e. The van der Waals surface area contributed by atoms with Crippen LogP contribution in [0.4, 0.5) is 11.8 Å². The van der Waals surface area contributed by atoms with Gasteiger partial charge < -0.3 is 5.32 Å². The fourth-order valence-corrected chi connectivity index (χ4v) is 2.27. The number of hydrogen-bond donors (Lipinski definition) is 3. The number of piperidine rings is 1.